The minimum absolute atomic E-state index is 0.142. The molecule has 1 aromatic heterocycles. The lowest BCUT2D eigenvalue weighted by Gasteiger charge is -2.17. The van der Waals surface area contributed by atoms with Crippen LogP contribution in [0.2, 0.25) is 0 Å². The standard InChI is InChI=1S/C20H17NO2S/c1-23-20(22)17-12-13-18(21-14-17)24-19(15-8-4-2-5-9-15)16-10-6-3-7-11-16/h2-14,19H,1H3. The number of ether oxygens (including phenoxy) is 1. The van der Waals surface area contributed by atoms with Gasteiger partial charge in [-0.2, -0.15) is 0 Å². The van der Waals surface area contributed by atoms with Crippen LogP contribution in [0.3, 0.4) is 0 Å². The van der Waals surface area contributed by atoms with Crippen molar-refractivity contribution < 1.29 is 9.53 Å². The van der Waals surface area contributed by atoms with Crippen LogP contribution in [0.4, 0.5) is 0 Å². The third kappa shape index (κ3) is 3.84. The Bertz CT molecular complexity index is 749. The van der Waals surface area contributed by atoms with Gasteiger partial charge in [-0.05, 0) is 23.3 Å². The Labute approximate surface area is 145 Å². The largest absolute Gasteiger partial charge is 0.465 e. The number of benzene rings is 2. The lowest BCUT2D eigenvalue weighted by molar-refractivity contribution is 0.0600. The molecule has 0 aliphatic rings. The number of rotatable bonds is 5. The predicted molar refractivity (Wildman–Crippen MR) is 96.2 cm³/mol. The number of esters is 1. The third-order valence-electron chi connectivity index (χ3n) is 3.60. The van der Waals surface area contributed by atoms with Crippen molar-refractivity contribution in [3.8, 4) is 0 Å². The molecular formula is C20H17NO2S. The first-order valence-electron chi connectivity index (χ1n) is 7.59. The van der Waals surface area contributed by atoms with Crippen molar-refractivity contribution in [1.82, 2.24) is 4.98 Å². The van der Waals surface area contributed by atoms with Crippen LogP contribution in [0, 0.1) is 0 Å². The molecule has 0 radical (unpaired) electrons. The Morgan fingerprint density at radius 2 is 1.50 bits per heavy atom. The zero-order chi connectivity index (χ0) is 16.8. The Kier molecular flexibility index (Phi) is 5.29. The zero-order valence-corrected chi connectivity index (χ0v) is 14.1. The number of hydrogen-bond donors (Lipinski definition) is 0. The average Bonchev–Trinajstić information content (AvgIpc) is 2.67. The quantitative estimate of drug-likeness (QED) is 0.498. The lowest BCUT2D eigenvalue weighted by Crippen LogP contribution is -2.02. The summed E-state index contributed by atoms with van der Waals surface area (Å²) in [6, 6.07) is 24.3. The maximum atomic E-state index is 11.5. The van der Waals surface area contributed by atoms with Gasteiger partial charge in [-0.1, -0.05) is 72.4 Å². The number of methoxy groups -OCH3 is 1. The van der Waals surface area contributed by atoms with E-state index in [9.17, 15) is 4.79 Å². The summed E-state index contributed by atoms with van der Waals surface area (Å²) in [6.07, 6.45) is 1.56. The number of pyridine rings is 1. The van der Waals surface area contributed by atoms with Crippen LogP contribution >= 0.6 is 11.8 Å². The SMILES string of the molecule is COC(=O)c1ccc(SC(c2ccccc2)c2ccccc2)nc1. The van der Waals surface area contributed by atoms with Gasteiger partial charge in [0.25, 0.3) is 0 Å². The van der Waals surface area contributed by atoms with E-state index in [1.165, 1.54) is 18.2 Å². The highest BCUT2D eigenvalue weighted by Gasteiger charge is 2.16. The van der Waals surface area contributed by atoms with Crippen molar-refractivity contribution in [2.45, 2.75) is 10.3 Å². The van der Waals surface area contributed by atoms with Gasteiger partial charge in [-0.3, -0.25) is 0 Å². The van der Waals surface area contributed by atoms with Crippen molar-refractivity contribution in [3.05, 3.63) is 95.7 Å². The number of nitrogens with zero attached hydrogens (tertiary/aromatic N) is 1. The summed E-state index contributed by atoms with van der Waals surface area (Å²) >= 11 is 1.66. The van der Waals surface area contributed by atoms with E-state index in [1.54, 1.807) is 24.0 Å². The van der Waals surface area contributed by atoms with Gasteiger partial charge in [-0.25, -0.2) is 9.78 Å². The van der Waals surface area contributed by atoms with Crippen molar-refractivity contribution >= 4 is 17.7 Å². The highest BCUT2D eigenvalue weighted by Crippen LogP contribution is 2.39. The molecule has 120 valence electrons. The fourth-order valence-corrected chi connectivity index (χ4v) is 3.48. The van der Waals surface area contributed by atoms with E-state index in [0.29, 0.717) is 5.56 Å². The second-order valence-electron chi connectivity index (χ2n) is 5.20. The smallest absolute Gasteiger partial charge is 0.339 e. The van der Waals surface area contributed by atoms with Gasteiger partial charge in [-0.15, -0.1) is 0 Å². The predicted octanol–water partition coefficient (Wildman–Crippen LogP) is 4.75. The van der Waals surface area contributed by atoms with Gasteiger partial charge < -0.3 is 4.74 Å². The van der Waals surface area contributed by atoms with Crippen molar-refractivity contribution in [2.75, 3.05) is 7.11 Å². The summed E-state index contributed by atoms with van der Waals surface area (Å²) in [4.78, 5) is 15.9. The maximum absolute atomic E-state index is 11.5. The molecule has 3 rings (SSSR count). The first-order chi connectivity index (χ1) is 11.8. The fraction of sp³-hybridized carbons (Fsp3) is 0.100. The Hall–Kier alpha value is -2.59. The van der Waals surface area contributed by atoms with E-state index in [2.05, 4.69) is 29.2 Å². The molecule has 0 atom stereocenters. The Balaban J connectivity index is 1.89. The van der Waals surface area contributed by atoms with Gasteiger partial charge in [0, 0.05) is 6.20 Å². The number of thioether (sulfide) groups is 1. The summed E-state index contributed by atoms with van der Waals surface area (Å²) in [7, 11) is 1.37. The van der Waals surface area contributed by atoms with Crippen molar-refractivity contribution in [1.29, 1.82) is 0 Å². The lowest BCUT2D eigenvalue weighted by atomic mass is 10.0. The maximum Gasteiger partial charge on any atom is 0.339 e. The van der Waals surface area contributed by atoms with Crippen LogP contribution in [-0.2, 0) is 4.74 Å². The Morgan fingerprint density at radius 1 is 0.917 bits per heavy atom. The molecule has 0 unspecified atom stereocenters. The minimum atomic E-state index is -0.373. The highest BCUT2D eigenvalue weighted by atomic mass is 32.2. The van der Waals surface area contributed by atoms with Gasteiger partial charge in [0.1, 0.15) is 0 Å². The van der Waals surface area contributed by atoms with E-state index in [0.717, 1.165) is 5.03 Å². The molecule has 0 aliphatic heterocycles. The zero-order valence-electron chi connectivity index (χ0n) is 13.3. The van der Waals surface area contributed by atoms with Gasteiger partial charge >= 0.3 is 5.97 Å². The molecule has 0 bridgehead atoms. The molecule has 0 amide bonds. The van der Waals surface area contributed by atoms with Crippen LogP contribution in [0.1, 0.15) is 26.7 Å². The van der Waals surface area contributed by atoms with E-state index in [-0.39, 0.29) is 11.2 Å². The third-order valence-corrected chi connectivity index (χ3v) is 4.86. The normalized spacial score (nSPS) is 10.6. The van der Waals surface area contributed by atoms with E-state index in [1.807, 2.05) is 42.5 Å². The molecule has 24 heavy (non-hydrogen) atoms. The van der Waals surface area contributed by atoms with Crippen LogP contribution in [0.5, 0.6) is 0 Å². The van der Waals surface area contributed by atoms with Crippen LogP contribution in [0.15, 0.2) is 84.0 Å². The molecule has 2 aromatic carbocycles. The molecule has 0 saturated heterocycles. The molecule has 4 heteroatoms. The van der Waals surface area contributed by atoms with Crippen LogP contribution in [-0.4, -0.2) is 18.1 Å². The summed E-state index contributed by atoms with van der Waals surface area (Å²) in [5.41, 5.74) is 2.89. The minimum Gasteiger partial charge on any atom is -0.465 e. The number of aromatic nitrogens is 1. The number of hydrogen-bond acceptors (Lipinski definition) is 4. The first-order valence-corrected chi connectivity index (χ1v) is 8.47. The van der Waals surface area contributed by atoms with Crippen molar-refractivity contribution in [3.63, 3.8) is 0 Å². The van der Waals surface area contributed by atoms with Crippen LogP contribution in [0.25, 0.3) is 0 Å². The van der Waals surface area contributed by atoms with Gasteiger partial charge in [0.15, 0.2) is 0 Å². The Morgan fingerprint density at radius 3 is 1.96 bits per heavy atom. The van der Waals surface area contributed by atoms with Gasteiger partial charge in [0.05, 0.1) is 22.9 Å². The fourth-order valence-electron chi connectivity index (χ4n) is 2.39. The van der Waals surface area contributed by atoms with Gasteiger partial charge in [0.2, 0.25) is 0 Å². The van der Waals surface area contributed by atoms with E-state index in [4.69, 9.17) is 4.74 Å². The second kappa shape index (κ2) is 7.79. The topological polar surface area (TPSA) is 39.2 Å². The van der Waals surface area contributed by atoms with E-state index < -0.39 is 0 Å². The molecule has 0 fully saturated rings. The summed E-state index contributed by atoms with van der Waals surface area (Å²) < 4.78 is 4.71. The molecule has 0 N–H and O–H groups in total. The summed E-state index contributed by atoms with van der Waals surface area (Å²) in [5, 5.41) is 1.00. The number of carbonyl (C=O) groups excluding carboxylic acids is 1. The molecule has 1 heterocycles. The monoisotopic (exact) mass is 335 g/mol. The van der Waals surface area contributed by atoms with E-state index >= 15 is 0 Å². The second-order valence-corrected chi connectivity index (χ2v) is 6.32. The molecule has 0 saturated carbocycles. The highest BCUT2D eigenvalue weighted by molar-refractivity contribution is 7.99. The van der Waals surface area contributed by atoms with Crippen molar-refractivity contribution in [2.24, 2.45) is 0 Å². The average molecular weight is 335 g/mol. The number of carbonyl (C=O) groups is 1. The molecule has 3 nitrogen and oxygen atoms in total. The molecule has 0 spiro atoms. The molecule has 3 aromatic rings. The molecular weight excluding hydrogens is 318 g/mol. The summed E-state index contributed by atoms with van der Waals surface area (Å²) in [6.45, 7) is 0. The summed E-state index contributed by atoms with van der Waals surface area (Å²) in [5.74, 6) is -0.373. The first kappa shape index (κ1) is 16.3. The molecule has 0 aliphatic carbocycles. The van der Waals surface area contributed by atoms with Crippen LogP contribution < -0.4 is 0 Å².